The largest absolute Gasteiger partial charge is 0.491 e. The van der Waals surface area contributed by atoms with Gasteiger partial charge in [0.1, 0.15) is 0 Å². The van der Waals surface area contributed by atoms with Gasteiger partial charge in [-0.2, -0.15) is 0 Å². The van der Waals surface area contributed by atoms with Crippen LogP contribution in [0.15, 0.2) is 39.5 Å². The molecular formula is C21H22F2N4O4. The molecule has 10 heteroatoms. The monoisotopic (exact) mass is 432 g/mol. The van der Waals surface area contributed by atoms with Gasteiger partial charge in [-0.25, -0.2) is 13.6 Å². The van der Waals surface area contributed by atoms with Crippen LogP contribution in [0.1, 0.15) is 6.92 Å². The van der Waals surface area contributed by atoms with Crippen molar-refractivity contribution in [2.75, 3.05) is 43.5 Å². The molecule has 0 bridgehead atoms. The zero-order valence-corrected chi connectivity index (χ0v) is 17.1. The fraction of sp³-hybridized carbons (Fsp3) is 0.333. The molecule has 1 aliphatic rings. The molecule has 0 unspecified atom stereocenters. The second-order valence-corrected chi connectivity index (χ2v) is 7.40. The number of H-pyrrole nitrogens is 1. The number of amides is 1. The molecule has 2 heterocycles. The van der Waals surface area contributed by atoms with Gasteiger partial charge in [0, 0.05) is 55.2 Å². The second-order valence-electron chi connectivity index (χ2n) is 7.40. The predicted molar refractivity (Wildman–Crippen MR) is 112 cm³/mol. The fourth-order valence-corrected chi connectivity index (χ4v) is 3.82. The summed E-state index contributed by atoms with van der Waals surface area (Å²) in [6.45, 7) is 3.26. The molecule has 164 valence electrons. The molecular weight excluding hydrogens is 410 g/mol. The second kappa shape index (κ2) is 8.29. The molecule has 3 aromatic rings. The summed E-state index contributed by atoms with van der Waals surface area (Å²) in [5.41, 5.74) is 2.05. The SMILES string of the molecule is COc1c(F)cc(N2CCN(C(=O)CNc3ccc4[nH]c(=O)oc4c3)[C@H](C)C2)cc1F. The molecule has 1 saturated heterocycles. The molecule has 1 fully saturated rings. The number of ether oxygens (including phenoxy) is 1. The number of oxazole rings is 1. The van der Waals surface area contributed by atoms with Crippen molar-refractivity contribution >= 4 is 28.4 Å². The van der Waals surface area contributed by atoms with Crippen LogP contribution in [0.25, 0.3) is 11.1 Å². The summed E-state index contributed by atoms with van der Waals surface area (Å²) >= 11 is 0. The Morgan fingerprint density at radius 1 is 1.26 bits per heavy atom. The van der Waals surface area contributed by atoms with Crippen molar-refractivity contribution in [2.24, 2.45) is 0 Å². The van der Waals surface area contributed by atoms with E-state index in [2.05, 4.69) is 10.3 Å². The van der Waals surface area contributed by atoms with Crippen molar-refractivity contribution in [1.29, 1.82) is 0 Å². The third kappa shape index (κ3) is 4.18. The van der Waals surface area contributed by atoms with Crippen LogP contribution in [0.5, 0.6) is 5.75 Å². The standard InChI is InChI=1S/C21H22F2N4O4/c1-12-11-26(14-8-15(22)20(30-2)16(23)9-14)5-6-27(12)19(28)10-24-13-3-4-17-18(7-13)31-21(29)25-17/h3-4,7-9,12,24H,5-6,10-11H2,1-2H3,(H,25,29)/t12-/m1/s1. The number of anilines is 2. The minimum Gasteiger partial charge on any atom is -0.491 e. The summed E-state index contributed by atoms with van der Waals surface area (Å²) in [7, 11) is 1.22. The van der Waals surface area contributed by atoms with Crippen LogP contribution in [-0.2, 0) is 4.79 Å². The fourth-order valence-electron chi connectivity index (χ4n) is 3.82. The first kappa shape index (κ1) is 20.7. The summed E-state index contributed by atoms with van der Waals surface area (Å²) in [4.78, 5) is 30.1. The lowest BCUT2D eigenvalue weighted by Crippen LogP contribution is -2.55. The molecule has 2 aromatic carbocycles. The molecule has 0 aliphatic carbocycles. The number of nitrogens with one attached hydrogen (secondary N) is 2. The van der Waals surface area contributed by atoms with Crippen molar-refractivity contribution in [3.8, 4) is 5.75 Å². The first-order chi connectivity index (χ1) is 14.9. The molecule has 4 rings (SSSR count). The van der Waals surface area contributed by atoms with Gasteiger partial charge in [0.15, 0.2) is 23.0 Å². The average molecular weight is 432 g/mol. The van der Waals surface area contributed by atoms with E-state index in [4.69, 9.17) is 9.15 Å². The van der Waals surface area contributed by atoms with Gasteiger partial charge in [-0.15, -0.1) is 0 Å². The van der Waals surface area contributed by atoms with E-state index in [1.807, 2.05) is 11.8 Å². The quantitative estimate of drug-likeness (QED) is 0.644. The van der Waals surface area contributed by atoms with Crippen LogP contribution in [0.3, 0.4) is 0 Å². The van der Waals surface area contributed by atoms with Crippen molar-refractivity contribution < 1.29 is 22.7 Å². The molecule has 1 atom stereocenters. The molecule has 1 aliphatic heterocycles. The number of rotatable bonds is 5. The number of methoxy groups -OCH3 is 1. The van der Waals surface area contributed by atoms with Crippen LogP contribution in [0.2, 0.25) is 0 Å². The van der Waals surface area contributed by atoms with E-state index in [0.717, 1.165) is 0 Å². The van der Waals surface area contributed by atoms with Crippen LogP contribution in [0.4, 0.5) is 20.2 Å². The Labute approximate surface area is 176 Å². The van der Waals surface area contributed by atoms with Crippen molar-refractivity contribution in [1.82, 2.24) is 9.88 Å². The Balaban J connectivity index is 1.38. The number of nitrogens with zero attached hydrogens (tertiary/aromatic N) is 2. The lowest BCUT2D eigenvalue weighted by Gasteiger charge is -2.41. The first-order valence-electron chi connectivity index (χ1n) is 9.80. The lowest BCUT2D eigenvalue weighted by atomic mass is 10.1. The number of fused-ring (bicyclic) bond motifs is 1. The molecule has 1 aromatic heterocycles. The summed E-state index contributed by atoms with van der Waals surface area (Å²) in [6, 6.07) is 7.42. The van der Waals surface area contributed by atoms with E-state index < -0.39 is 23.1 Å². The van der Waals surface area contributed by atoms with Crippen LogP contribution in [0, 0.1) is 11.6 Å². The number of aromatic amines is 1. The smallest absolute Gasteiger partial charge is 0.417 e. The van der Waals surface area contributed by atoms with Crippen LogP contribution >= 0.6 is 0 Å². The van der Waals surface area contributed by atoms with Gasteiger partial charge >= 0.3 is 5.76 Å². The molecule has 2 N–H and O–H groups in total. The maximum atomic E-state index is 14.0. The summed E-state index contributed by atoms with van der Waals surface area (Å²) in [5, 5.41) is 3.04. The Morgan fingerprint density at radius 2 is 2.00 bits per heavy atom. The summed E-state index contributed by atoms with van der Waals surface area (Å²) in [6.07, 6.45) is 0. The first-order valence-corrected chi connectivity index (χ1v) is 9.80. The Kier molecular flexibility index (Phi) is 5.53. The van der Waals surface area contributed by atoms with Gasteiger partial charge in [0.2, 0.25) is 5.91 Å². The van der Waals surface area contributed by atoms with E-state index >= 15 is 0 Å². The Morgan fingerprint density at radius 3 is 2.68 bits per heavy atom. The number of halogens is 2. The number of hydrogen-bond acceptors (Lipinski definition) is 6. The van der Waals surface area contributed by atoms with Gasteiger partial charge in [-0.05, 0) is 19.1 Å². The highest BCUT2D eigenvalue weighted by molar-refractivity contribution is 5.83. The molecule has 0 radical (unpaired) electrons. The number of piperazine rings is 1. The maximum Gasteiger partial charge on any atom is 0.417 e. The van der Waals surface area contributed by atoms with E-state index in [-0.39, 0.29) is 18.5 Å². The van der Waals surface area contributed by atoms with Gasteiger partial charge in [-0.3, -0.25) is 9.78 Å². The zero-order valence-electron chi connectivity index (χ0n) is 17.1. The summed E-state index contributed by atoms with van der Waals surface area (Å²) < 4.78 is 37.8. The lowest BCUT2D eigenvalue weighted by molar-refractivity contribution is -0.131. The van der Waals surface area contributed by atoms with E-state index in [0.29, 0.717) is 42.1 Å². The van der Waals surface area contributed by atoms with Gasteiger partial charge in [0.05, 0.1) is 19.2 Å². The van der Waals surface area contributed by atoms with Crippen LogP contribution < -0.4 is 20.7 Å². The highest BCUT2D eigenvalue weighted by Gasteiger charge is 2.28. The van der Waals surface area contributed by atoms with Gasteiger partial charge < -0.3 is 24.3 Å². The number of carbonyl (C=O) groups is 1. The highest BCUT2D eigenvalue weighted by atomic mass is 19.1. The Hall–Kier alpha value is -3.56. The van der Waals surface area contributed by atoms with Crippen molar-refractivity contribution in [2.45, 2.75) is 13.0 Å². The van der Waals surface area contributed by atoms with Gasteiger partial charge in [0.25, 0.3) is 0 Å². The topological polar surface area (TPSA) is 90.8 Å². The minimum atomic E-state index is -0.761. The maximum absolute atomic E-state index is 14.0. The number of aromatic nitrogens is 1. The number of hydrogen-bond donors (Lipinski definition) is 2. The Bertz CT molecular complexity index is 1150. The van der Waals surface area contributed by atoms with Crippen molar-refractivity contribution in [3.05, 3.63) is 52.5 Å². The summed E-state index contributed by atoms with van der Waals surface area (Å²) in [5.74, 6) is -2.57. The average Bonchev–Trinajstić information content (AvgIpc) is 3.11. The van der Waals surface area contributed by atoms with E-state index in [1.165, 1.54) is 19.2 Å². The molecule has 0 spiro atoms. The van der Waals surface area contributed by atoms with E-state index in [9.17, 15) is 18.4 Å². The van der Waals surface area contributed by atoms with Gasteiger partial charge in [-0.1, -0.05) is 0 Å². The third-order valence-corrected chi connectivity index (χ3v) is 5.36. The molecule has 8 nitrogen and oxygen atoms in total. The molecule has 0 saturated carbocycles. The number of benzene rings is 2. The zero-order chi connectivity index (χ0) is 22.1. The normalized spacial score (nSPS) is 16.6. The third-order valence-electron chi connectivity index (χ3n) is 5.36. The van der Waals surface area contributed by atoms with Crippen molar-refractivity contribution in [3.63, 3.8) is 0 Å². The molecule has 31 heavy (non-hydrogen) atoms. The molecule has 1 amide bonds. The van der Waals surface area contributed by atoms with E-state index in [1.54, 1.807) is 23.1 Å². The highest BCUT2D eigenvalue weighted by Crippen LogP contribution is 2.29. The number of carbonyl (C=O) groups excluding carboxylic acids is 1. The van der Waals surface area contributed by atoms with Crippen LogP contribution in [-0.4, -0.2) is 55.1 Å². The minimum absolute atomic E-state index is 0.0658. The predicted octanol–water partition coefficient (Wildman–Crippen LogP) is 2.56.